The molecule has 0 fully saturated rings. The van der Waals surface area contributed by atoms with Crippen LogP contribution in [-0.4, -0.2) is 13.5 Å². The van der Waals surface area contributed by atoms with Crippen LogP contribution in [0.1, 0.15) is 5.56 Å². The number of benzene rings is 3. The Labute approximate surface area is 129 Å². The molecular formula is C17H15NO3S. The third kappa shape index (κ3) is 2.76. The van der Waals surface area contributed by atoms with E-state index in [0.717, 1.165) is 10.8 Å². The van der Waals surface area contributed by atoms with Gasteiger partial charge in [-0.2, -0.15) is 0 Å². The highest BCUT2D eigenvalue weighted by atomic mass is 32.2. The molecule has 112 valence electrons. The Hall–Kier alpha value is -2.53. The van der Waals surface area contributed by atoms with Crippen molar-refractivity contribution in [3.8, 4) is 5.75 Å². The van der Waals surface area contributed by atoms with Gasteiger partial charge in [0, 0.05) is 11.8 Å². The first-order chi connectivity index (χ1) is 10.5. The van der Waals surface area contributed by atoms with Crippen molar-refractivity contribution >= 4 is 26.5 Å². The van der Waals surface area contributed by atoms with Gasteiger partial charge >= 0.3 is 0 Å². The molecule has 0 aliphatic rings. The first kappa shape index (κ1) is 14.4. The van der Waals surface area contributed by atoms with Crippen LogP contribution in [0.15, 0.2) is 65.6 Å². The fraction of sp³-hybridized carbons (Fsp3) is 0.0588. The van der Waals surface area contributed by atoms with Crippen LogP contribution in [0, 0.1) is 6.92 Å². The van der Waals surface area contributed by atoms with E-state index >= 15 is 0 Å². The molecule has 0 atom stereocenters. The lowest BCUT2D eigenvalue weighted by atomic mass is 10.1. The fourth-order valence-electron chi connectivity index (χ4n) is 2.34. The number of anilines is 1. The van der Waals surface area contributed by atoms with E-state index in [9.17, 15) is 13.5 Å². The van der Waals surface area contributed by atoms with Crippen molar-refractivity contribution in [2.75, 3.05) is 4.72 Å². The Morgan fingerprint density at radius 2 is 1.64 bits per heavy atom. The number of sulfonamides is 1. The van der Waals surface area contributed by atoms with Crippen molar-refractivity contribution in [1.82, 2.24) is 0 Å². The number of phenols is 1. The monoisotopic (exact) mass is 313 g/mol. The quantitative estimate of drug-likeness (QED) is 0.775. The predicted molar refractivity (Wildman–Crippen MR) is 87.6 cm³/mol. The number of aromatic hydroxyl groups is 1. The summed E-state index contributed by atoms with van der Waals surface area (Å²) in [4.78, 5) is 0.0701. The summed E-state index contributed by atoms with van der Waals surface area (Å²) in [7, 11) is -3.75. The topological polar surface area (TPSA) is 66.4 Å². The van der Waals surface area contributed by atoms with E-state index in [0.29, 0.717) is 11.3 Å². The maximum absolute atomic E-state index is 12.5. The summed E-state index contributed by atoms with van der Waals surface area (Å²) in [5.74, 6) is -0.0792. The molecule has 3 aromatic carbocycles. The molecule has 0 bridgehead atoms. The molecule has 0 spiro atoms. The summed E-state index contributed by atoms with van der Waals surface area (Å²) in [6, 6.07) is 17.4. The minimum absolute atomic E-state index is 0.0701. The van der Waals surface area contributed by atoms with E-state index in [1.807, 2.05) is 30.3 Å². The predicted octanol–water partition coefficient (Wildman–Crippen LogP) is 3.65. The molecular weight excluding hydrogens is 298 g/mol. The molecule has 0 unspecified atom stereocenters. The van der Waals surface area contributed by atoms with Gasteiger partial charge in [-0.15, -0.1) is 0 Å². The number of rotatable bonds is 3. The first-order valence-electron chi connectivity index (χ1n) is 6.77. The Bertz CT molecular complexity index is 949. The SMILES string of the molecule is Cc1ccc(O)cc1S(=O)(=O)Nc1ccc2ccccc2c1. The molecule has 22 heavy (non-hydrogen) atoms. The zero-order chi connectivity index (χ0) is 15.7. The zero-order valence-corrected chi connectivity index (χ0v) is 12.8. The van der Waals surface area contributed by atoms with Crippen LogP contribution in [0.2, 0.25) is 0 Å². The largest absolute Gasteiger partial charge is 0.508 e. The van der Waals surface area contributed by atoms with Gasteiger partial charge in [-0.1, -0.05) is 36.4 Å². The van der Waals surface area contributed by atoms with Crippen LogP contribution in [0.3, 0.4) is 0 Å². The highest BCUT2D eigenvalue weighted by Gasteiger charge is 2.17. The van der Waals surface area contributed by atoms with E-state index in [1.165, 1.54) is 12.1 Å². The molecule has 0 aromatic heterocycles. The fourth-order valence-corrected chi connectivity index (χ4v) is 3.66. The van der Waals surface area contributed by atoms with Crippen molar-refractivity contribution in [3.63, 3.8) is 0 Å². The molecule has 0 saturated heterocycles. The van der Waals surface area contributed by atoms with Gasteiger partial charge in [0.2, 0.25) is 0 Å². The molecule has 0 aliphatic heterocycles. The first-order valence-corrected chi connectivity index (χ1v) is 8.25. The second kappa shape index (κ2) is 5.35. The van der Waals surface area contributed by atoms with Crippen LogP contribution < -0.4 is 4.72 Å². The van der Waals surface area contributed by atoms with Crippen LogP contribution in [-0.2, 0) is 10.0 Å². The Balaban J connectivity index is 2.01. The van der Waals surface area contributed by atoms with Gasteiger partial charge in [0.1, 0.15) is 5.75 Å². The molecule has 0 aliphatic carbocycles. The number of nitrogens with one attached hydrogen (secondary N) is 1. The second-order valence-corrected chi connectivity index (χ2v) is 6.77. The normalized spacial score (nSPS) is 11.5. The molecule has 3 rings (SSSR count). The minimum atomic E-state index is -3.75. The van der Waals surface area contributed by atoms with Crippen molar-refractivity contribution in [2.24, 2.45) is 0 Å². The van der Waals surface area contributed by atoms with Crippen LogP contribution >= 0.6 is 0 Å². The van der Waals surface area contributed by atoms with Crippen LogP contribution in [0.25, 0.3) is 10.8 Å². The number of fused-ring (bicyclic) bond motifs is 1. The summed E-state index contributed by atoms with van der Waals surface area (Å²) >= 11 is 0. The smallest absolute Gasteiger partial charge is 0.262 e. The lowest BCUT2D eigenvalue weighted by Gasteiger charge is -2.11. The Morgan fingerprint density at radius 3 is 2.41 bits per heavy atom. The Kier molecular flexibility index (Phi) is 3.50. The lowest BCUT2D eigenvalue weighted by molar-refractivity contribution is 0.473. The molecule has 5 heteroatoms. The number of aryl methyl sites for hydroxylation is 1. The highest BCUT2D eigenvalue weighted by molar-refractivity contribution is 7.92. The lowest BCUT2D eigenvalue weighted by Crippen LogP contribution is -2.14. The molecule has 0 amide bonds. The van der Waals surface area contributed by atoms with Crippen molar-refractivity contribution in [1.29, 1.82) is 0 Å². The number of hydrogen-bond acceptors (Lipinski definition) is 3. The molecule has 0 radical (unpaired) electrons. The van der Waals surface area contributed by atoms with Crippen molar-refractivity contribution in [3.05, 3.63) is 66.2 Å². The summed E-state index contributed by atoms with van der Waals surface area (Å²) in [5, 5.41) is 11.5. The average Bonchev–Trinajstić information content (AvgIpc) is 2.49. The van der Waals surface area contributed by atoms with Gasteiger partial charge < -0.3 is 5.11 Å². The van der Waals surface area contributed by atoms with Gasteiger partial charge in [-0.25, -0.2) is 8.42 Å². The van der Waals surface area contributed by atoms with Gasteiger partial charge in [0.15, 0.2) is 0 Å². The molecule has 3 aromatic rings. The maximum Gasteiger partial charge on any atom is 0.262 e. The molecule has 4 nitrogen and oxygen atoms in total. The van der Waals surface area contributed by atoms with Gasteiger partial charge in [-0.3, -0.25) is 4.72 Å². The van der Waals surface area contributed by atoms with Gasteiger partial charge in [-0.05, 0) is 41.5 Å². The average molecular weight is 313 g/mol. The van der Waals surface area contributed by atoms with E-state index in [1.54, 1.807) is 25.1 Å². The van der Waals surface area contributed by atoms with E-state index < -0.39 is 10.0 Å². The second-order valence-electron chi connectivity index (χ2n) is 5.12. The third-order valence-electron chi connectivity index (χ3n) is 3.46. The van der Waals surface area contributed by atoms with Gasteiger partial charge in [0.05, 0.1) is 4.90 Å². The third-order valence-corrected chi connectivity index (χ3v) is 4.99. The van der Waals surface area contributed by atoms with Crippen molar-refractivity contribution in [2.45, 2.75) is 11.8 Å². The van der Waals surface area contributed by atoms with Crippen molar-refractivity contribution < 1.29 is 13.5 Å². The molecule has 0 heterocycles. The summed E-state index contributed by atoms with van der Waals surface area (Å²) < 4.78 is 27.5. The standard InChI is InChI=1S/C17H15NO3S/c1-12-6-9-16(19)11-17(12)22(20,21)18-15-8-7-13-4-2-3-5-14(13)10-15/h2-11,18-19H,1H3. The Morgan fingerprint density at radius 1 is 0.909 bits per heavy atom. The maximum atomic E-state index is 12.5. The number of hydrogen-bond donors (Lipinski definition) is 2. The van der Waals surface area contributed by atoms with Crippen LogP contribution in [0.4, 0.5) is 5.69 Å². The number of phenolic OH excluding ortho intramolecular Hbond substituents is 1. The summed E-state index contributed by atoms with van der Waals surface area (Å²) in [6.45, 7) is 1.69. The van der Waals surface area contributed by atoms with E-state index in [-0.39, 0.29) is 10.6 Å². The minimum Gasteiger partial charge on any atom is -0.508 e. The summed E-state index contributed by atoms with van der Waals surface area (Å²) in [5.41, 5.74) is 1.06. The van der Waals surface area contributed by atoms with E-state index in [2.05, 4.69) is 4.72 Å². The molecule has 0 saturated carbocycles. The summed E-state index contributed by atoms with van der Waals surface area (Å²) in [6.07, 6.45) is 0. The highest BCUT2D eigenvalue weighted by Crippen LogP contribution is 2.25. The van der Waals surface area contributed by atoms with Gasteiger partial charge in [0.25, 0.3) is 10.0 Å². The van der Waals surface area contributed by atoms with Crippen LogP contribution in [0.5, 0.6) is 5.75 Å². The van der Waals surface area contributed by atoms with E-state index in [4.69, 9.17) is 0 Å². The zero-order valence-electron chi connectivity index (χ0n) is 11.9. The molecule has 2 N–H and O–H groups in total.